The van der Waals surface area contributed by atoms with Crippen LogP contribution in [0.4, 0.5) is 5.69 Å². The molecular weight excluding hydrogens is 348 g/mol. The van der Waals surface area contributed by atoms with E-state index in [-0.39, 0.29) is 47.5 Å². The molecule has 0 unspecified atom stereocenters. The zero-order valence-electron chi connectivity index (χ0n) is 13.9. The van der Waals surface area contributed by atoms with Crippen LogP contribution in [0.5, 0.6) is 5.75 Å². The van der Waals surface area contributed by atoms with E-state index in [9.17, 15) is 23.3 Å². The Morgan fingerprint density at radius 3 is 2.60 bits per heavy atom. The van der Waals surface area contributed by atoms with Crippen LogP contribution < -0.4 is 4.74 Å². The predicted molar refractivity (Wildman–Crippen MR) is 90.3 cm³/mol. The van der Waals surface area contributed by atoms with Crippen LogP contribution in [0.3, 0.4) is 0 Å². The molecule has 1 saturated heterocycles. The van der Waals surface area contributed by atoms with E-state index in [4.69, 9.17) is 4.74 Å². The summed E-state index contributed by atoms with van der Waals surface area (Å²) in [6.45, 7) is 1.40. The van der Waals surface area contributed by atoms with Gasteiger partial charge in [-0.3, -0.25) is 14.9 Å². The largest absolute Gasteiger partial charge is 0.477 e. The quantitative estimate of drug-likeness (QED) is 0.556. The number of amides is 1. The minimum absolute atomic E-state index is 0.0140. The predicted octanol–water partition coefficient (Wildman–Crippen LogP) is 1.46. The van der Waals surface area contributed by atoms with Crippen molar-refractivity contribution in [1.29, 1.82) is 0 Å². The number of nitro groups is 1. The van der Waals surface area contributed by atoms with Crippen LogP contribution >= 0.6 is 0 Å². The van der Waals surface area contributed by atoms with E-state index < -0.39 is 14.8 Å². The van der Waals surface area contributed by atoms with Crippen LogP contribution in [-0.4, -0.2) is 54.3 Å². The highest BCUT2D eigenvalue weighted by molar-refractivity contribution is 7.91. The Bertz CT molecular complexity index is 803. The van der Waals surface area contributed by atoms with E-state index in [0.717, 1.165) is 18.4 Å². The summed E-state index contributed by atoms with van der Waals surface area (Å²) >= 11 is 0. The molecule has 1 aromatic rings. The van der Waals surface area contributed by atoms with E-state index in [1.165, 1.54) is 12.1 Å². The van der Waals surface area contributed by atoms with Crippen molar-refractivity contribution in [1.82, 2.24) is 4.90 Å². The number of benzene rings is 1. The third-order valence-corrected chi connectivity index (χ3v) is 6.24. The van der Waals surface area contributed by atoms with Gasteiger partial charge in [0.2, 0.25) is 0 Å². The van der Waals surface area contributed by atoms with Crippen molar-refractivity contribution in [3.8, 4) is 5.75 Å². The third kappa shape index (κ3) is 4.09. The molecule has 2 aliphatic rings. The average Bonchev–Trinajstić information content (AvgIpc) is 3.29. The molecule has 1 saturated carbocycles. The van der Waals surface area contributed by atoms with Crippen molar-refractivity contribution in [3.05, 3.63) is 33.9 Å². The standard InChI is InChI=1S/C16H20N2O6S/c1-11-2-5-15(14(8-11)18(20)21)24-9-16(19)17(12-3-4-12)13-6-7-25(22,23)10-13/h2,5,8,12-13H,3-4,6-7,9-10H2,1H3/t13-/m0/s1. The summed E-state index contributed by atoms with van der Waals surface area (Å²) in [5, 5.41) is 11.1. The summed E-state index contributed by atoms with van der Waals surface area (Å²) in [4.78, 5) is 24.8. The Labute approximate surface area is 145 Å². The Hall–Kier alpha value is -2.16. The normalized spacial score (nSPS) is 21.7. The topological polar surface area (TPSA) is 107 Å². The minimum Gasteiger partial charge on any atom is -0.477 e. The Kier molecular flexibility index (Phi) is 4.68. The molecule has 2 fully saturated rings. The third-order valence-electron chi connectivity index (χ3n) is 4.49. The monoisotopic (exact) mass is 368 g/mol. The van der Waals surface area contributed by atoms with E-state index in [1.54, 1.807) is 17.9 Å². The van der Waals surface area contributed by atoms with E-state index >= 15 is 0 Å². The fraction of sp³-hybridized carbons (Fsp3) is 0.562. The van der Waals surface area contributed by atoms with E-state index in [0.29, 0.717) is 6.42 Å². The Morgan fingerprint density at radius 1 is 1.32 bits per heavy atom. The second-order valence-electron chi connectivity index (χ2n) is 6.61. The highest BCUT2D eigenvalue weighted by Crippen LogP contribution is 2.33. The first-order valence-corrected chi connectivity index (χ1v) is 9.98. The van der Waals surface area contributed by atoms with Crippen molar-refractivity contribution in [2.75, 3.05) is 18.1 Å². The first-order chi connectivity index (χ1) is 11.8. The summed E-state index contributed by atoms with van der Waals surface area (Å²) in [5.41, 5.74) is 0.537. The number of nitrogens with zero attached hydrogens (tertiary/aromatic N) is 2. The van der Waals surface area contributed by atoms with Gasteiger partial charge in [0, 0.05) is 18.2 Å². The van der Waals surface area contributed by atoms with Gasteiger partial charge in [-0.2, -0.15) is 0 Å². The van der Waals surface area contributed by atoms with Gasteiger partial charge in [-0.05, 0) is 37.8 Å². The van der Waals surface area contributed by atoms with Crippen LogP contribution in [0.1, 0.15) is 24.8 Å². The number of ether oxygens (including phenoxy) is 1. The van der Waals surface area contributed by atoms with Crippen molar-refractivity contribution in [2.45, 2.75) is 38.3 Å². The van der Waals surface area contributed by atoms with Crippen molar-refractivity contribution in [3.63, 3.8) is 0 Å². The molecule has 0 spiro atoms. The van der Waals surface area contributed by atoms with Gasteiger partial charge in [-0.25, -0.2) is 8.42 Å². The number of rotatable bonds is 6. The molecule has 9 heteroatoms. The smallest absolute Gasteiger partial charge is 0.311 e. The molecule has 0 bridgehead atoms. The number of hydrogen-bond donors (Lipinski definition) is 0. The molecule has 1 aromatic carbocycles. The lowest BCUT2D eigenvalue weighted by atomic mass is 10.2. The maximum absolute atomic E-state index is 12.6. The molecule has 0 radical (unpaired) electrons. The number of carbonyl (C=O) groups is 1. The van der Waals surface area contributed by atoms with Crippen molar-refractivity contribution >= 4 is 21.4 Å². The maximum Gasteiger partial charge on any atom is 0.311 e. The lowest BCUT2D eigenvalue weighted by molar-refractivity contribution is -0.385. The SMILES string of the molecule is Cc1ccc(OCC(=O)N(C2CC2)[C@H]2CCS(=O)(=O)C2)c([N+](=O)[O-])c1. The Morgan fingerprint density at radius 2 is 2.04 bits per heavy atom. The first-order valence-electron chi connectivity index (χ1n) is 8.16. The molecule has 1 heterocycles. The van der Waals surface area contributed by atoms with Gasteiger partial charge in [0.25, 0.3) is 5.91 Å². The molecule has 136 valence electrons. The number of sulfone groups is 1. The van der Waals surface area contributed by atoms with Crippen LogP contribution in [0, 0.1) is 17.0 Å². The van der Waals surface area contributed by atoms with E-state index in [1.807, 2.05) is 0 Å². The molecule has 3 rings (SSSR count). The Balaban J connectivity index is 1.70. The van der Waals surface area contributed by atoms with E-state index in [2.05, 4.69) is 0 Å². The summed E-state index contributed by atoms with van der Waals surface area (Å²) in [5.74, 6) is -0.198. The molecular formula is C16H20N2O6S. The van der Waals surface area contributed by atoms with Gasteiger partial charge in [-0.15, -0.1) is 0 Å². The van der Waals surface area contributed by atoms with Gasteiger partial charge in [0.15, 0.2) is 22.2 Å². The molecule has 0 N–H and O–H groups in total. The minimum atomic E-state index is -3.09. The second-order valence-corrected chi connectivity index (χ2v) is 8.83. The number of aryl methyl sites for hydroxylation is 1. The highest BCUT2D eigenvalue weighted by atomic mass is 32.2. The van der Waals surface area contributed by atoms with Crippen molar-refractivity contribution < 1.29 is 22.9 Å². The molecule has 1 amide bonds. The van der Waals surface area contributed by atoms with Gasteiger partial charge in [-0.1, -0.05) is 6.07 Å². The zero-order valence-corrected chi connectivity index (χ0v) is 14.7. The second kappa shape index (κ2) is 6.62. The van der Waals surface area contributed by atoms with Crippen LogP contribution in [0.15, 0.2) is 18.2 Å². The van der Waals surface area contributed by atoms with Gasteiger partial charge >= 0.3 is 5.69 Å². The van der Waals surface area contributed by atoms with Gasteiger partial charge in [0.05, 0.1) is 16.4 Å². The van der Waals surface area contributed by atoms with Crippen LogP contribution in [0.2, 0.25) is 0 Å². The fourth-order valence-electron chi connectivity index (χ4n) is 3.16. The fourth-order valence-corrected chi connectivity index (χ4v) is 4.87. The summed E-state index contributed by atoms with van der Waals surface area (Å²) in [6.07, 6.45) is 2.15. The van der Waals surface area contributed by atoms with Crippen LogP contribution in [-0.2, 0) is 14.6 Å². The van der Waals surface area contributed by atoms with Gasteiger partial charge < -0.3 is 9.64 Å². The molecule has 25 heavy (non-hydrogen) atoms. The first kappa shape index (κ1) is 17.7. The number of nitro benzene ring substituents is 1. The zero-order chi connectivity index (χ0) is 18.2. The number of carbonyl (C=O) groups excluding carboxylic acids is 1. The molecule has 0 aromatic heterocycles. The summed E-state index contributed by atoms with van der Waals surface area (Å²) < 4.78 is 28.8. The lowest BCUT2D eigenvalue weighted by Gasteiger charge is -2.28. The molecule has 1 aliphatic heterocycles. The highest BCUT2D eigenvalue weighted by Gasteiger charge is 2.42. The van der Waals surface area contributed by atoms with Crippen molar-refractivity contribution in [2.24, 2.45) is 0 Å². The lowest BCUT2D eigenvalue weighted by Crippen LogP contribution is -2.45. The average molecular weight is 368 g/mol. The molecule has 1 atom stereocenters. The maximum atomic E-state index is 12.6. The molecule has 1 aliphatic carbocycles. The number of hydrogen-bond acceptors (Lipinski definition) is 6. The summed E-state index contributed by atoms with van der Waals surface area (Å²) in [6, 6.07) is 4.28. The molecule has 8 nitrogen and oxygen atoms in total. The van der Waals surface area contributed by atoms with Crippen LogP contribution in [0.25, 0.3) is 0 Å². The summed E-state index contributed by atoms with van der Waals surface area (Å²) in [7, 11) is -3.09. The van der Waals surface area contributed by atoms with Gasteiger partial charge in [0.1, 0.15) is 0 Å².